The van der Waals surface area contributed by atoms with E-state index < -0.39 is 10.0 Å². The molecule has 0 amide bonds. The zero-order valence-electron chi connectivity index (χ0n) is 17.4. The Morgan fingerprint density at radius 2 is 1.75 bits per heavy atom. The maximum atomic E-state index is 13.3. The summed E-state index contributed by atoms with van der Waals surface area (Å²) in [6.45, 7) is 3.79. The van der Waals surface area contributed by atoms with Gasteiger partial charge in [0.2, 0.25) is 10.0 Å². The van der Waals surface area contributed by atoms with Crippen molar-refractivity contribution in [3.05, 3.63) is 65.1 Å². The van der Waals surface area contributed by atoms with Crippen LogP contribution in [-0.2, 0) is 10.0 Å². The number of rotatable bonds is 6. The van der Waals surface area contributed by atoms with E-state index in [4.69, 9.17) is 4.74 Å². The highest BCUT2D eigenvalue weighted by Gasteiger charge is 2.31. The first-order valence-electron chi connectivity index (χ1n) is 10.1. The minimum atomic E-state index is -3.71. The van der Waals surface area contributed by atoms with E-state index in [1.807, 2.05) is 17.9 Å². The lowest BCUT2D eigenvalue weighted by Crippen LogP contribution is -2.49. The van der Waals surface area contributed by atoms with E-state index in [1.54, 1.807) is 30.3 Å². The summed E-state index contributed by atoms with van der Waals surface area (Å²) in [6, 6.07) is 12.9. The molecular formula is C22H22BrFN4O3S. The number of ether oxygens (including phenoxy) is 1. The summed E-state index contributed by atoms with van der Waals surface area (Å²) in [5.74, 6) is 0.741. The zero-order valence-corrected chi connectivity index (χ0v) is 19.8. The molecule has 4 rings (SSSR count). The molecule has 2 aromatic carbocycles. The Labute approximate surface area is 195 Å². The third-order valence-electron chi connectivity index (χ3n) is 5.18. The van der Waals surface area contributed by atoms with Gasteiger partial charge in [0.05, 0.1) is 12.3 Å². The van der Waals surface area contributed by atoms with Crippen molar-refractivity contribution < 1.29 is 17.5 Å². The molecule has 0 unspecified atom stereocenters. The Morgan fingerprint density at radius 1 is 1.03 bits per heavy atom. The molecule has 0 spiro atoms. The van der Waals surface area contributed by atoms with Crippen LogP contribution in [0.25, 0.3) is 11.3 Å². The van der Waals surface area contributed by atoms with Gasteiger partial charge in [-0.15, -0.1) is 0 Å². The second kappa shape index (κ2) is 9.51. The first-order chi connectivity index (χ1) is 15.4. The van der Waals surface area contributed by atoms with Gasteiger partial charge in [-0.2, -0.15) is 4.31 Å². The Bertz CT molecular complexity index is 1200. The molecule has 1 aliphatic rings. The summed E-state index contributed by atoms with van der Waals surface area (Å²) in [6.07, 6.45) is 1.47. The molecule has 0 atom stereocenters. The molecule has 1 fully saturated rings. The maximum Gasteiger partial charge on any atom is 0.246 e. The van der Waals surface area contributed by atoms with E-state index in [2.05, 4.69) is 25.9 Å². The third-order valence-corrected chi connectivity index (χ3v) is 7.59. The van der Waals surface area contributed by atoms with Crippen LogP contribution in [0.1, 0.15) is 6.92 Å². The van der Waals surface area contributed by atoms with Gasteiger partial charge >= 0.3 is 0 Å². The largest absolute Gasteiger partial charge is 0.492 e. The SMILES string of the molecule is CCOc1ccc(Br)cc1S(=O)(=O)N1CCN(c2cc(-c3ccc(F)cc3)ncn2)CC1. The Balaban J connectivity index is 1.51. The summed E-state index contributed by atoms with van der Waals surface area (Å²) in [5, 5.41) is 0. The van der Waals surface area contributed by atoms with Crippen molar-refractivity contribution in [1.82, 2.24) is 14.3 Å². The maximum absolute atomic E-state index is 13.3. The number of anilines is 1. The van der Waals surface area contributed by atoms with Gasteiger partial charge in [-0.25, -0.2) is 22.8 Å². The number of halogens is 2. The lowest BCUT2D eigenvalue weighted by atomic mass is 10.1. The quantitative estimate of drug-likeness (QED) is 0.489. The first-order valence-corrected chi connectivity index (χ1v) is 12.4. The van der Waals surface area contributed by atoms with Gasteiger partial charge in [-0.3, -0.25) is 0 Å². The second-order valence-electron chi connectivity index (χ2n) is 7.18. The molecule has 1 aromatic heterocycles. The molecule has 2 heterocycles. The number of sulfonamides is 1. The second-order valence-corrected chi connectivity index (χ2v) is 10.0. The fourth-order valence-electron chi connectivity index (χ4n) is 3.55. The van der Waals surface area contributed by atoms with Crippen LogP contribution in [0.5, 0.6) is 5.75 Å². The molecule has 0 bridgehead atoms. The van der Waals surface area contributed by atoms with Gasteiger partial charge in [-0.1, -0.05) is 15.9 Å². The minimum absolute atomic E-state index is 0.155. The van der Waals surface area contributed by atoms with Crippen LogP contribution in [0, 0.1) is 5.82 Å². The summed E-state index contributed by atoms with van der Waals surface area (Å²) in [7, 11) is -3.71. The van der Waals surface area contributed by atoms with Crippen molar-refractivity contribution >= 4 is 31.8 Å². The van der Waals surface area contributed by atoms with Crippen molar-refractivity contribution in [2.45, 2.75) is 11.8 Å². The molecule has 1 saturated heterocycles. The smallest absolute Gasteiger partial charge is 0.246 e. The number of piperazine rings is 1. The van der Waals surface area contributed by atoms with Gasteiger partial charge in [0.25, 0.3) is 0 Å². The highest BCUT2D eigenvalue weighted by atomic mass is 79.9. The topological polar surface area (TPSA) is 75.6 Å². The molecule has 3 aromatic rings. The average Bonchev–Trinajstić information content (AvgIpc) is 2.81. The summed E-state index contributed by atoms with van der Waals surface area (Å²) in [4.78, 5) is 10.8. The Morgan fingerprint density at radius 3 is 2.44 bits per heavy atom. The highest BCUT2D eigenvalue weighted by molar-refractivity contribution is 9.10. The normalized spacial score (nSPS) is 15.0. The van der Waals surface area contributed by atoms with Crippen molar-refractivity contribution in [2.75, 3.05) is 37.7 Å². The van der Waals surface area contributed by atoms with Crippen LogP contribution in [0.3, 0.4) is 0 Å². The molecule has 7 nitrogen and oxygen atoms in total. The molecule has 0 radical (unpaired) electrons. The number of hydrogen-bond donors (Lipinski definition) is 0. The molecule has 168 valence electrons. The van der Waals surface area contributed by atoms with E-state index >= 15 is 0 Å². The van der Waals surface area contributed by atoms with Crippen molar-refractivity contribution in [3.63, 3.8) is 0 Å². The van der Waals surface area contributed by atoms with Gasteiger partial charge in [0.15, 0.2) is 0 Å². The lowest BCUT2D eigenvalue weighted by molar-refractivity contribution is 0.327. The Kier molecular flexibility index (Phi) is 6.73. The van der Waals surface area contributed by atoms with Gasteiger partial charge in [-0.05, 0) is 49.4 Å². The molecule has 32 heavy (non-hydrogen) atoms. The van der Waals surface area contributed by atoms with Crippen LogP contribution < -0.4 is 9.64 Å². The van der Waals surface area contributed by atoms with Crippen LogP contribution in [0.2, 0.25) is 0 Å². The van der Waals surface area contributed by atoms with Crippen molar-refractivity contribution in [2.24, 2.45) is 0 Å². The van der Waals surface area contributed by atoms with Crippen LogP contribution >= 0.6 is 15.9 Å². The van der Waals surface area contributed by atoms with E-state index in [0.717, 1.165) is 5.56 Å². The number of hydrogen-bond acceptors (Lipinski definition) is 6. The fourth-order valence-corrected chi connectivity index (χ4v) is 5.65. The van der Waals surface area contributed by atoms with Crippen molar-refractivity contribution in [1.29, 1.82) is 0 Å². The number of nitrogens with zero attached hydrogens (tertiary/aromatic N) is 4. The Hall–Kier alpha value is -2.56. The molecule has 0 aliphatic carbocycles. The lowest BCUT2D eigenvalue weighted by Gasteiger charge is -2.35. The van der Waals surface area contributed by atoms with Crippen LogP contribution in [0.15, 0.2) is 64.2 Å². The zero-order chi connectivity index (χ0) is 22.7. The minimum Gasteiger partial charge on any atom is -0.492 e. The fraction of sp³-hybridized carbons (Fsp3) is 0.273. The summed E-state index contributed by atoms with van der Waals surface area (Å²) >= 11 is 3.35. The molecule has 10 heteroatoms. The predicted octanol–water partition coefficient (Wildman–Crippen LogP) is 3.95. The molecule has 0 saturated carbocycles. The first kappa shape index (κ1) is 22.6. The third kappa shape index (κ3) is 4.77. The van der Waals surface area contributed by atoms with Gasteiger partial charge in [0.1, 0.15) is 28.6 Å². The van der Waals surface area contributed by atoms with E-state index in [-0.39, 0.29) is 10.7 Å². The molecular weight excluding hydrogens is 499 g/mol. The van der Waals surface area contributed by atoms with Gasteiger partial charge in [0, 0.05) is 42.3 Å². The summed E-state index contributed by atoms with van der Waals surface area (Å²) in [5.41, 5.74) is 1.47. The van der Waals surface area contributed by atoms with Gasteiger partial charge < -0.3 is 9.64 Å². The predicted molar refractivity (Wildman–Crippen MR) is 124 cm³/mol. The molecule has 1 aliphatic heterocycles. The van der Waals surface area contributed by atoms with Crippen molar-refractivity contribution in [3.8, 4) is 17.0 Å². The van der Waals surface area contributed by atoms with E-state index in [1.165, 1.54) is 22.8 Å². The van der Waals surface area contributed by atoms with E-state index in [9.17, 15) is 12.8 Å². The van der Waals surface area contributed by atoms with E-state index in [0.29, 0.717) is 54.5 Å². The van der Waals surface area contributed by atoms with Crippen LogP contribution in [0.4, 0.5) is 10.2 Å². The monoisotopic (exact) mass is 520 g/mol. The standard InChI is InChI=1S/C22H22BrFN4O3S/c1-2-31-20-8-5-17(23)13-21(20)32(29,30)28-11-9-27(10-12-28)22-14-19(25-15-26-22)16-3-6-18(24)7-4-16/h3-8,13-15H,2,9-12H2,1H3. The average molecular weight is 521 g/mol. The summed E-state index contributed by atoms with van der Waals surface area (Å²) < 4.78 is 47.5. The number of aromatic nitrogens is 2. The molecule has 0 N–H and O–H groups in total. The highest BCUT2D eigenvalue weighted by Crippen LogP contribution is 2.31. The number of benzene rings is 2. The van der Waals surface area contributed by atoms with Crippen LogP contribution in [-0.4, -0.2) is 55.5 Å².